The zero-order valence-electron chi connectivity index (χ0n) is 13.0. The molecule has 1 aromatic heterocycles. The molecular weight excluding hydrogens is 288 g/mol. The highest BCUT2D eigenvalue weighted by Gasteiger charge is 2.25. The van der Waals surface area contributed by atoms with Crippen molar-refractivity contribution in [3.05, 3.63) is 11.7 Å². The minimum absolute atomic E-state index is 0.0288. The Kier molecular flexibility index (Phi) is 5.88. The molecule has 8 heteroatoms. The number of hydrogen-bond donors (Lipinski definition) is 1. The van der Waals surface area contributed by atoms with Gasteiger partial charge in [-0.15, -0.1) is 0 Å². The summed E-state index contributed by atoms with van der Waals surface area (Å²) in [4.78, 5) is 28.9. The first-order valence-corrected chi connectivity index (χ1v) is 7.52. The minimum Gasteiger partial charge on any atom is -0.372 e. The zero-order valence-corrected chi connectivity index (χ0v) is 13.0. The summed E-state index contributed by atoms with van der Waals surface area (Å²) in [5, 5.41) is 6.64. The Bertz CT molecular complexity index is 509. The van der Waals surface area contributed by atoms with Crippen molar-refractivity contribution in [2.75, 3.05) is 26.3 Å². The van der Waals surface area contributed by atoms with Crippen molar-refractivity contribution >= 4 is 11.8 Å². The van der Waals surface area contributed by atoms with E-state index in [1.807, 2.05) is 11.8 Å². The van der Waals surface area contributed by atoms with Crippen molar-refractivity contribution in [1.29, 1.82) is 0 Å². The van der Waals surface area contributed by atoms with Gasteiger partial charge >= 0.3 is 0 Å². The molecule has 0 saturated carbocycles. The van der Waals surface area contributed by atoms with E-state index >= 15 is 0 Å². The molecule has 122 valence electrons. The first-order chi connectivity index (χ1) is 10.6. The lowest BCUT2D eigenvalue weighted by Crippen LogP contribution is -2.36. The molecule has 2 rings (SSSR count). The molecule has 1 aromatic rings. The maximum Gasteiger partial charge on any atom is 0.246 e. The molecule has 1 saturated heterocycles. The van der Waals surface area contributed by atoms with Crippen LogP contribution in [0.4, 0.5) is 0 Å². The van der Waals surface area contributed by atoms with E-state index in [0.717, 1.165) is 25.9 Å². The molecule has 0 spiro atoms. The average Bonchev–Trinajstić information content (AvgIpc) is 3.00. The maximum absolute atomic E-state index is 11.4. The van der Waals surface area contributed by atoms with Crippen LogP contribution < -0.4 is 5.32 Å². The summed E-state index contributed by atoms with van der Waals surface area (Å²) < 4.78 is 10.2. The standard InChI is InChI=1S/C14H22N4O4/c1-3-21-9-12(20)15-8-13-16-14(17-22-13)11-4-6-18(7-5-11)10(2)19/h11H,3-9H2,1-2H3,(H,15,20). The smallest absolute Gasteiger partial charge is 0.246 e. The van der Waals surface area contributed by atoms with Gasteiger partial charge in [-0.05, 0) is 19.8 Å². The molecule has 22 heavy (non-hydrogen) atoms. The van der Waals surface area contributed by atoms with Gasteiger partial charge in [-0.2, -0.15) is 4.98 Å². The van der Waals surface area contributed by atoms with E-state index in [0.29, 0.717) is 18.3 Å². The number of ether oxygens (including phenoxy) is 1. The number of rotatable bonds is 6. The fourth-order valence-electron chi connectivity index (χ4n) is 2.38. The van der Waals surface area contributed by atoms with Gasteiger partial charge in [0, 0.05) is 32.5 Å². The quantitative estimate of drug-likeness (QED) is 0.819. The fourth-order valence-corrected chi connectivity index (χ4v) is 2.38. The summed E-state index contributed by atoms with van der Waals surface area (Å²) in [5.41, 5.74) is 0. The number of amides is 2. The Morgan fingerprint density at radius 1 is 1.41 bits per heavy atom. The van der Waals surface area contributed by atoms with Gasteiger partial charge in [0.25, 0.3) is 0 Å². The molecule has 0 bridgehead atoms. The molecule has 1 fully saturated rings. The van der Waals surface area contributed by atoms with Crippen molar-refractivity contribution in [2.24, 2.45) is 0 Å². The topological polar surface area (TPSA) is 97.6 Å². The highest BCUT2D eigenvalue weighted by Crippen LogP contribution is 2.25. The molecule has 1 N–H and O–H groups in total. The van der Waals surface area contributed by atoms with Gasteiger partial charge in [-0.25, -0.2) is 0 Å². The molecule has 0 atom stereocenters. The van der Waals surface area contributed by atoms with Crippen molar-refractivity contribution < 1.29 is 18.8 Å². The van der Waals surface area contributed by atoms with Crippen LogP contribution in [0.2, 0.25) is 0 Å². The third-order valence-corrected chi connectivity index (χ3v) is 3.66. The van der Waals surface area contributed by atoms with E-state index in [1.165, 1.54) is 0 Å². The molecule has 2 heterocycles. The van der Waals surface area contributed by atoms with Gasteiger partial charge in [0.1, 0.15) is 6.61 Å². The van der Waals surface area contributed by atoms with Crippen molar-refractivity contribution in [3.63, 3.8) is 0 Å². The van der Waals surface area contributed by atoms with Gasteiger partial charge in [0.05, 0.1) is 6.54 Å². The maximum atomic E-state index is 11.4. The van der Waals surface area contributed by atoms with Crippen molar-refractivity contribution in [2.45, 2.75) is 39.2 Å². The van der Waals surface area contributed by atoms with Crippen molar-refractivity contribution in [1.82, 2.24) is 20.4 Å². The van der Waals surface area contributed by atoms with Crippen LogP contribution in [0.25, 0.3) is 0 Å². The summed E-state index contributed by atoms with van der Waals surface area (Å²) in [7, 11) is 0. The summed E-state index contributed by atoms with van der Waals surface area (Å²) in [6.07, 6.45) is 1.66. The summed E-state index contributed by atoms with van der Waals surface area (Å²) in [5.74, 6) is 1.12. The molecule has 0 aliphatic carbocycles. The number of carbonyl (C=O) groups excluding carboxylic acids is 2. The van der Waals surface area contributed by atoms with Crippen LogP contribution >= 0.6 is 0 Å². The molecule has 2 amide bonds. The first kappa shape index (κ1) is 16.4. The number of carbonyl (C=O) groups is 2. The van der Waals surface area contributed by atoms with Gasteiger partial charge in [-0.1, -0.05) is 5.16 Å². The minimum atomic E-state index is -0.212. The molecule has 0 unspecified atom stereocenters. The van der Waals surface area contributed by atoms with Crippen LogP contribution in [0.1, 0.15) is 44.3 Å². The highest BCUT2D eigenvalue weighted by molar-refractivity contribution is 5.77. The summed E-state index contributed by atoms with van der Waals surface area (Å²) in [6.45, 7) is 5.57. The lowest BCUT2D eigenvalue weighted by molar-refractivity contribution is -0.130. The Balaban J connectivity index is 1.79. The highest BCUT2D eigenvalue weighted by atomic mass is 16.5. The summed E-state index contributed by atoms with van der Waals surface area (Å²) in [6, 6.07) is 0. The Hall–Kier alpha value is -1.96. The monoisotopic (exact) mass is 310 g/mol. The van der Waals surface area contributed by atoms with Crippen molar-refractivity contribution in [3.8, 4) is 0 Å². The Morgan fingerprint density at radius 3 is 2.77 bits per heavy atom. The third-order valence-electron chi connectivity index (χ3n) is 3.66. The molecule has 1 aliphatic rings. The third kappa shape index (κ3) is 4.52. The van der Waals surface area contributed by atoms with Gasteiger partial charge < -0.3 is 19.5 Å². The summed E-state index contributed by atoms with van der Waals surface area (Å²) >= 11 is 0. The second-order valence-electron chi connectivity index (χ2n) is 5.24. The zero-order chi connectivity index (χ0) is 15.9. The lowest BCUT2D eigenvalue weighted by Gasteiger charge is -2.29. The van der Waals surface area contributed by atoms with E-state index in [-0.39, 0.29) is 30.9 Å². The van der Waals surface area contributed by atoms with Crippen LogP contribution in [-0.2, 0) is 20.9 Å². The molecule has 0 aromatic carbocycles. The van der Waals surface area contributed by atoms with Gasteiger partial charge in [-0.3, -0.25) is 9.59 Å². The average molecular weight is 310 g/mol. The Labute approximate surface area is 129 Å². The molecule has 0 radical (unpaired) electrons. The SMILES string of the molecule is CCOCC(=O)NCc1nc(C2CCN(C(C)=O)CC2)no1. The number of aromatic nitrogens is 2. The second kappa shape index (κ2) is 7.88. The van der Waals surface area contributed by atoms with Gasteiger partial charge in [0.15, 0.2) is 5.82 Å². The van der Waals surface area contributed by atoms with E-state index in [9.17, 15) is 9.59 Å². The van der Waals surface area contributed by atoms with Crippen LogP contribution in [0.5, 0.6) is 0 Å². The molecule has 8 nitrogen and oxygen atoms in total. The largest absolute Gasteiger partial charge is 0.372 e. The van der Waals surface area contributed by atoms with E-state index in [2.05, 4.69) is 15.5 Å². The van der Waals surface area contributed by atoms with E-state index < -0.39 is 0 Å². The normalized spacial score (nSPS) is 15.8. The number of hydrogen-bond acceptors (Lipinski definition) is 6. The van der Waals surface area contributed by atoms with Gasteiger partial charge in [0.2, 0.25) is 17.7 Å². The van der Waals surface area contributed by atoms with Crippen LogP contribution in [0.3, 0.4) is 0 Å². The first-order valence-electron chi connectivity index (χ1n) is 7.52. The predicted octanol–water partition coefficient (Wildman–Crippen LogP) is 0.448. The number of likely N-dealkylation sites (tertiary alicyclic amines) is 1. The fraction of sp³-hybridized carbons (Fsp3) is 0.714. The van der Waals surface area contributed by atoms with Crippen LogP contribution in [0, 0.1) is 0 Å². The molecular formula is C14H22N4O4. The van der Waals surface area contributed by atoms with E-state index in [4.69, 9.17) is 9.26 Å². The number of piperidine rings is 1. The van der Waals surface area contributed by atoms with E-state index in [1.54, 1.807) is 6.92 Å². The van der Waals surface area contributed by atoms with Crippen LogP contribution in [-0.4, -0.2) is 53.2 Å². The predicted molar refractivity (Wildman–Crippen MR) is 76.9 cm³/mol. The molecule has 1 aliphatic heterocycles. The second-order valence-corrected chi connectivity index (χ2v) is 5.24. The number of nitrogens with one attached hydrogen (secondary N) is 1. The van der Waals surface area contributed by atoms with Crippen LogP contribution in [0.15, 0.2) is 4.52 Å². The lowest BCUT2D eigenvalue weighted by atomic mass is 9.96. The Morgan fingerprint density at radius 2 is 2.14 bits per heavy atom. The number of nitrogens with zero attached hydrogens (tertiary/aromatic N) is 3.